The van der Waals surface area contributed by atoms with Gasteiger partial charge in [0.15, 0.2) is 5.79 Å². The molecule has 1 aromatic carbocycles. The summed E-state index contributed by atoms with van der Waals surface area (Å²) in [5.41, 5.74) is 1.71. The van der Waals surface area contributed by atoms with Gasteiger partial charge in [0.05, 0.1) is 14.2 Å². The fourth-order valence-corrected chi connectivity index (χ4v) is 6.51. The fourth-order valence-electron chi connectivity index (χ4n) is 6.51. The van der Waals surface area contributed by atoms with Gasteiger partial charge in [0.25, 0.3) is 0 Å². The zero-order valence-corrected chi connectivity index (χ0v) is 18.9. The Bertz CT molecular complexity index is 844. The highest BCUT2D eigenvalue weighted by molar-refractivity contribution is 5.84. The van der Waals surface area contributed by atoms with E-state index in [0.717, 1.165) is 29.7 Å². The van der Waals surface area contributed by atoms with E-state index in [4.69, 9.17) is 18.9 Å². The Morgan fingerprint density at radius 2 is 1.90 bits per heavy atom. The van der Waals surface area contributed by atoms with E-state index < -0.39 is 22.9 Å². The van der Waals surface area contributed by atoms with Crippen LogP contribution in [0.15, 0.2) is 12.1 Å². The van der Waals surface area contributed by atoms with Crippen molar-refractivity contribution in [2.45, 2.75) is 77.8 Å². The van der Waals surface area contributed by atoms with Crippen LogP contribution < -0.4 is 4.74 Å². The van der Waals surface area contributed by atoms with Gasteiger partial charge in [-0.05, 0) is 68.6 Å². The van der Waals surface area contributed by atoms with Crippen LogP contribution in [0.3, 0.4) is 0 Å². The number of methoxy groups -OCH3 is 2. The first-order valence-electron chi connectivity index (χ1n) is 10.7. The van der Waals surface area contributed by atoms with Crippen LogP contribution in [0.4, 0.5) is 0 Å². The smallest absolute Gasteiger partial charge is 0.342 e. The van der Waals surface area contributed by atoms with Crippen molar-refractivity contribution < 1.29 is 23.7 Å². The summed E-state index contributed by atoms with van der Waals surface area (Å²) in [5.74, 6) is 0.607. The molecule has 4 rings (SSSR count). The Morgan fingerprint density at radius 1 is 1.21 bits per heavy atom. The zero-order valence-electron chi connectivity index (χ0n) is 18.9. The molecule has 160 valence electrons. The summed E-state index contributed by atoms with van der Waals surface area (Å²) in [6.45, 7) is 12.6. The molecule has 5 nitrogen and oxygen atoms in total. The molecule has 29 heavy (non-hydrogen) atoms. The van der Waals surface area contributed by atoms with Crippen molar-refractivity contribution >= 4 is 5.97 Å². The lowest BCUT2D eigenvalue weighted by molar-refractivity contribution is -0.212. The number of fused-ring (bicyclic) bond motifs is 6. The van der Waals surface area contributed by atoms with E-state index in [1.807, 2.05) is 19.9 Å². The number of benzene rings is 1. The summed E-state index contributed by atoms with van der Waals surface area (Å²) in [6.07, 6.45) is 1.37. The minimum absolute atomic E-state index is 0.166. The van der Waals surface area contributed by atoms with Gasteiger partial charge >= 0.3 is 5.97 Å². The molecule has 1 saturated heterocycles. The first-order chi connectivity index (χ1) is 13.5. The second-order valence-corrected chi connectivity index (χ2v) is 10.0. The highest BCUT2D eigenvalue weighted by atomic mass is 16.8. The van der Waals surface area contributed by atoms with Crippen molar-refractivity contribution in [1.82, 2.24) is 0 Å². The molecule has 2 aliphatic carbocycles. The summed E-state index contributed by atoms with van der Waals surface area (Å²) in [4.78, 5) is 13.5. The van der Waals surface area contributed by atoms with Gasteiger partial charge in [0.2, 0.25) is 5.60 Å². The van der Waals surface area contributed by atoms with E-state index >= 15 is 0 Å². The van der Waals surface area contributed by atoms with Gasteiger partial charge in [0.1, 0.15) is 11.9 Å². The van der Waals surface area contributed by atoms with E-state index in [1.54, 1.807) is 7.11 Å². The van der Waals surface area contributed by atoms with Crippen LogP contribution in [-0.2, 0) is 19.0 Å². The van der Waals surface area contributed by atoms with Crippen molar-refractivity contribution in [3.63, 3.8) is 0 Å². The van der Waals surface area contributed by atoms with Crippen molar-refractivity contribution in [2.24, 2.45) is 17.3 Å². The molecule has 0 N–H and O–H groups in total. The number of carbonyl (C=O) groups is 1. The van der Waals surface area contributed by atoms with Crippen LogP contribution in [0.25, 0.3) is 0 Å². The van der Waals surface area contributed by atoms with Crippen LogP contribution in [0, 0.1) is 24.2 Å². The normalized spacial score (nSPS) is 37.1. The van der Waals surface area contributed by atoms with Gasteiger partial charge in [-0.2, -0.15) is 0 Å². The number of aryl methyl sites for hydroxylation is 1. The van der Waals surface area contributed by atoms with Gasteiger partial charge in [-0.25, -0.2) is 4.79 Å². The highest BCUT2D eigenvalue weighted by Gasteiger charge is 2.75. The zero-order chi connectivity index (χ0) is 21.4. The Hall–Kier alpha value is -1.59. The van der Waals surface area contributed by atoms with Crippen molar-refractivity contribution in [3.8, 4) is 5.75 Å². The molecular weight excluding hydrogens is 368 g/mol. The molecule has 3 aliphatic rings. The molecule has 1 aromatic rings. The molecule has 5 heteroatoms. The third kappa shape index (κ3) is 2.56. The van der Waals surface area contributed by atoms with Crippen LogP contribution in [0.2, 0.25) is 0 Å². The lowest BCUT2D eigenvalue weighted by Gasteiger charge is -2.52. The standard InChI is InChI=1S/C24H34O5/c1-13(2)15-9-10-23(6)19(15)16-11-14(3)12-17(26-7)18(16)20-24(23,21(25)27-8)29-22(4,5)28-20/h11-13,15,19-20H,9-10H2,1-8H3/t15-,19-,20+,23-,24-/m1/s1. The molecule has 5 atom stereocenters. The maximum Gasteiger partial charge on any atom is 0.342 e. The van der Waals surface area contributed by atoms with Gasteiger partial charge in [0, 0.05) is 11.0 Å². The van der Waals surface area contributed by atoms with Crippen LogP contribution in [0.1, 0.15) is 76.2 Å². The third-order valence-electron chi connectivity index (χ3n) is 7.62. The van der Waals surface area contributed by atoms with Crippen molar-refractivity contribution in [1.29, 1.82) is 0 Å². The fraction of sp³-hybridized carbons (Fsp3) is 0.708. The van der Waals surface area contributed by atoms with Crippen molar-refractivity contribution in [3.05, 3.63) is 28.8 Å². The Balaban J connectivity index is 2.09. The number of rotatable bonds is 3. The van der Waals surface area contributed by atoms with E-state index in [1.165, 1.54) is 12.7 Å². The predicted octanol–water partition coefficient (Wildman–Crippen LogP) is 4.91. The molecule has 1 heterocycles. The lowest BCUT2D eigenvalue weighted by atomic mass is 9.54. The molecule has 0 bridgehead atoms. The molecule has 0 aromatic heterocycles. The molecule has 0 amide bonds. The number of hydrogen-bond acceptors (Lipinski definition) is 5. The monoisotopic (exact) mass is 402 g/mol. The van der Waals surface area contributed by atoms with Crippen LogP contribution in [0.5, 0.6) is 5.75 Å². The van der Waals surface area contributed by atoms with E-state index in [2.05, 4.69) is 33.8 Å². The van der Waals surface area contributed by atoms with Gasteiger partial charge in [-0.3, -0.25) is 0 Å². The topological polar surface area (TPSA) is 54.0 Å². The Morgan fingerprint density at radius 3 is 2.48 bits per heavy atom. The minimum atomic E-state index is -1.20. The second kappa shape index (κ2) is 6.45. The first-order valence-corrected chi connectivity index (χ1v) is 10.7. The molecular formula is C24H34O5. The molecule has 0 radical (unpaired) electrons. The number of ether oxygens (including phenoxy) is 4. The average molecular weight is 403 g/mol. The minimum Gasteiger partial charge on any atom is -0.496 e. The molecule has 2 fully saturated rings. The lowest BCUT2D eigenvalue weighted by Crippen LogP contribution is -2.61. The van der Waals surface area contributed by atoms with Crippen LogP contribution in [-0.4, -0.2) is 31.6 Å². The molecule has 0 spiro atoms. The number of carbonyl (C=O) groups excluding carboxylic acids is 1. The van der Waals surface area contributed by atoms with Crippen LogP contribution >= 0.6 is 0 Å². The van der Waals surface area contributed by atoms with Gasteiger partial charge in [-0.15, -0.1) is 0 Å². The average Bonchev–Trinajstić information content (AvgIpc) is 3.16. The summed E-state index contributed by atoms with van der Waals surface area (Å²) in [7, 11) is 3.12. The highest BCUT2D eigenvalue weighted by Crippen LogP contribution is 2.71. The van der Waals surface area contributed by atoms with Gasteiger partial charge in [-0.1, -0.05) is 26.8 Å². The summed E-state index contributed by atoms with van der Waals surface area (Å²) in [5, 5.41) is 0. The van der Waals surface area contributed by atoms with Crippen molar-refractivity contribution in [2.75, 3.05) is 14.2 Å². The molecule has 1 saturated carbocycles. The van der Waals surface area contributed by atoms with E-state index in [9.17, 15) is 4.79 Å². The third-order valence-corrected chi connectivity index (χ3v) is 7.62. The predicted molar refractivity (Wildman–Crippen MR) is 110 cm³/mol. The number of hydrogen-bond donors (Lipinski definition) is 0. The summed E-state index contributed by atoms with van der Waals surface area (Å²) < 4.78 is 24.2. The first kappa shape index (κ1) is 20.7. The maximum absolute atomic E-state index is 13.5. The SMILES string of the molecule is COC(=O)[C@]12OC(C)(C)O[C@H]1c1c(OC)cc(C)cc1[C@H]1[C@@H](C(C)C)CC[C@]12C. The van der Waals surface area contributed by atoms with E-state index in [-0.39, 0.29) is 11.9 Å². The summed E-state index contributed by atoms with van der Waals surface area (Å²) >= 11 is 0. The summed E-state index contributed by atoms with van der Waals surface area (Å²) in [6, 6.07) is 4.29. The number of esters is 1. The molecule has 1 aliphatic heterocycles. The van der Waals surface area contributed by atoms with Gasteiger partial charge < -0.3 is 18.9 Å². The Kier molecular flexibility index (Phi) is 4.60. The largest absolute Gasteiger partial charge is 0.496 e. The van der Waals surface area contributed by atoms with E-state index in [0.29, 0.717) is 11.8 Å². The molecule has 0 unspecified atom stereocenters. The maximum atomic E-state index is 13.5. The second-order valence-electron chi connectivity index (χ2n) is 10.0. The Labute approximate surface area is 174 Å². The quantitative estimate of drug-likeness (QED) is 0.673.